The zero-order valence-electron chi connectivity index (χ0n) is 18.0. The Morgan fingerprint density at radius 1 is 1.32 bits per heavy atom. The Labute approximate surface area is 185 Å². The zero-order chi connectivity index (χ0) is 22.2. The molecule has 0 saturated carbocycles. The molecule has 4 heterocycles. The quantitative estimate of drug-likeness (QED) is 0.448. The van der Waals surface area contributed by atoms with E-state index in [-0.39, 0.29) is 11.8 Å². The summed E-state index contributed by atoms with van der Waals surface area (Å²) in [6, 6.07) is -0.00243. The van der Waals surface area contributed by atoms with Gasteiger partial charge in [-0.3, -0.25) is 0 Å². The highest BCUT2D eigenvalue weighted by Crippen LogP contribution is 2.28. The van der Waals surface area contributed by atoms with Crippen molar-refractivity contribution in [3.63, 3.8) is 0 Å². The molecule has 31 heavy (non-hydrogen) atoms. The number of hydrogen-bond donors (Lipinski definition) is 2. The molecule has 1 aliphatic rings. The molecule has 0 amide bonds. The van der Waals surface area contributed by atoms with E-state index >= 15 is 0 Å². The SMILES string of the molecule is CCS(=O)(=O)N=C(Nc1ncc(C)s1)N1CCN(c2ncnc3[nH]cc(C)c23)C[C@@H]1C. The van der Waals surface area contributed by atoms with E-state index in [2.05, 4.69) is 41.5 Å². The number of aromatic amines is 1. The van der Waals surface area contributed by atoms with Gasteiger partial charge in [0.1, 0.15) is 17.8 Å². The normalized spacial score (nSPS) is 18.1. The fourth-order valence-electron chi connectivity index (χ4n) is 3.65. The molecular weight excluding hydrogens is 436 g/mol. The van der Waals surface area contributed by atoms with E-state index in [0.717, 1.165) is 27.3 Å². The van der Waals surface area contributed by atoms with Gasteiger partial charge >= 0.3 is 0 Å². The van der Waals surface area contributed by atoms with Crippen LogP contribution in [0.3, 0.4) is 0 Å². The number of aromatic nitrogens is 4. The second kappa shape index (κ2) is 8.42. The molecule has 0 bridgehead atoms. The first-order chi connectivity index (χ1) is 14.8. The summed E-state index contributed by atoms with van der Waals surface area (Å²) < 4.78 is 28.7. The fourth-order valence-corrected chi connectivity index (χ4v) is 4.85. The highest BCUT2D eigenvalue weighted by molar-refractivity contribution is 7.90. The van der Waals surface area contributed by atoms with E-state index in [0.29, 0.717) is 30.7 Å². The van der Waals surface area contributed by atoms with Crippen LogP contribution in [0.25, 0.3) is 11.0 Å². The summed E-state index contributed by atoms with van der Waals surface area (Å²) >= 11 is 1.46. The van der Waals surface area contributed by atoms with Crippen molar-refractivity contribution in [3.8, 4) is 0 Å². The molecule has 4 rings (SSSR count). The molecule has 3 aromatic heterocycles. The average Bonchev–Trinajstić information content (AvgIpc) is 3.32. The van der Waals surface area contributed by atoms with Crippen LogP contribution in [0.4, 0.5) is 10.9 Å². The van der Waals surface area contributed by atoms with Crippen molar-refractivity contribution in [1.82, 2.24) is 24.8 Å². The van der Waals surface area contributed by atoms with Gasteiger partial charge in [-0.25, -0.2) is 23.4 Å². The molecule has 1 aliphatic heterocycles. The lowest BCUT2D eigenvalue weighted by Gasteiger charge is -2.41. The van der Waals surface area contributed by atoms with E-state index in [9.17, 15) is 8.42 Å². The number of fused-ring (bicyclic) bond motifs is 1. The van der Waals surface area contributed by atoms with Crippen molar-refractivity contribution in [3.05, 3.63) is 29.2 Å². The molecule has 2 N–H and O–H groups in total. The molecule has 1 fully saturated rings. The minimum absolute atomic E-state index is 0.00243. The van der Waals surface area contributed by atoms with E-state index in [1.54, 1.807) is 19.4 Å². The summed E-state index contributed by atoms with van der Waals surface area (Å²) in [5.41, 5.74) is 1.91. The lowest BCUT2D eigenvalue weighted by atomic mass is 10.1. The van der Waals surface area contributed by atoms with E-state index in [1.165, 1.54) is 11.3 Å². The van der Waals surface area contributed by atoms with Gasteiger partial charge in [-0.15, -0.1) is 15.7 Å². The Hall–Kier alpha value is -2.73. The fraction of sp³-hybridized carbons (Fsp3) is 0.474. The van der Waals surface area contributed by atoms with E-state index < -0.39 is 10.0 Å². The maximum Gasteiger partial charge on any atom is 0.256 e. The second-order valence-electron chi connectivity index (χ2n) is 7.57. The maximum absolute atomic E-state index is 12.3. The molecule has 3 aromatic rings. The minimum atomic E-state index is -3.58. The molecule has 0 aromatic carbocycles. The number of H-pyrrole nitrogens is 1. The third-order valence-corrected chi connectivity index (χ3v) is 7.29. The number of rotatable bonds is 4. The number of anilines is 2. The third-order valence-electron chi connectivity index (χ3n) is 5.28. The topological polar surface area (TPSA) is 119 Å². The maximum atomic E-state index is 12.3. The molecular formula is C19H26N8O2S2. The number of guanidine groups is 1. The van der Waals surface area contributed by atoms with Crippen LogP contribution in [0.2, 0.25) is 0 Å². The van der Waals surface area contributed by atoms with E-state index in [1.807, 2.05) is 24.9 Å². The van der Waals surface area contributed by atoms with Crippen LogP contribution in [-0.2, 0) is 10.0 Å². The molecule has 1 saturated heterocycles. The molecule has 12 heteroatoms. The number of nitrogens with zero attached hydrogens (tertiary/aromatic N) is 6. The molecule has 0 unspecified atom stereocenters. The highest BCUT2D eigenvalue weighted by Gasteiger charge is 2.30. The van der Waals surface area contributed by atoms with Gasteiger partial charge in [-0.2, -0.15) is 0 Å². The number of aryl methyl sites for hydroxylation is 2. The van der Waals surface area contributed by atoms with Crippen LogP contribution in [-0.4, -0.2) is 70.6 Å². The van der Waals surface area contributed by atoms with Crippen molar-refractivity contribution in [2.24, 2.45) is 4.40 Å². The number of hydrogen-bond acceptors (Lipinski definition) is 7. The standard InChI is InChI=1S/C19H26N8O2S2/c1-5-31(28,29)25-18(24-19-21-9-14(4)30-19)27-7-6-26(10-13(27)3)17-15-12(2)8-20-16(15)22-11-23-17/h8-9,11,13H,5-7,10H2,1-4H3,(H,20,22,23)(H,21,24,25)/t13-/m0/s1. The predicted octanol–water partition coefficient (Wildman–Crippen LogP) is 2.36. The molecule has 0 spiro atoms. The Morgan fingerprint density at radius 2 is 2.13 bits per heavy atom. The Morgan fingerprint density at radius 3 is 2.81 bits per heavy atom. The highest BCUT2D eigenvalue weighted by atomic mass is 32.2. The van der Waals surface area contributed by atoms with Gasteiger partial charge in [-0.1, -0.05) is 0 Å². The first-order valence-corrected chi connectivity index (χ1v) is 12.5. The molecule has 1 atom stereocenters. The second-order valence-corrected chi connectivity index (χ2v) is 10.7. The summed E-state index contributed by atoms with van der Waals surface area (Å²) in [5.74, 6) is 1.14. The minimum Gasteiger partial charge on any atom is -0.352 e. The predicted molar refractivity (Wildman–Crippen MR) is 124 cm³/mol. The zero-order valence-corrected chi connectivity index (χ0v) is 19.6. The molecule has 166 valence electrons. The Kier molecular flexibility index (Phi) is 5.84. The van der Waals surface area contributed by atoms with Gasteiger partial charge in [0.15, 0.2) is 5.13 Å². The van der Waals surface area contributed by atoms with Crippen molar-refractivity contribution in [1.29, 1.82) is 0 Å². The molecule has 0 radical (unpaired) electrons. The first kappa shape index (κ1) is 21.5. The summed E-state index contributed by atoms with van der Waals surface area (Å²) in [7, 11) is -3.58. The van der Waals surface area contributed by atoms with Crippen LogP contribution in [0.1, 0.15) is 24.3 Å². The lowest BCUT2D eigenvalue weighted by Crippen LogP contribution is -2.56. The monoisotopic (exact) mass is 462 g/mol. The van der Waals surface area contributed by atoms with Gasteiger partial charge in [0.2, 0.25) is 5.96 Å². The van der Waals surface area contributed by atoms with Crippen molar-refractivity contribution < 1.29 is 8.42 Å². The number of thiazole rings is 1. The first-order valence-electron chi connectivity index (χ1n) is 10.1. The van der Waals surface area contributed by atoms with Gasteiger partial charge in [0.05, 0.1) is 11.1 Å². The Balaban J connectivity index is 1.61. The van der Waals surface area contributed by atoms with Gasteiger partial charge < -0.3 is 20.1 Å². The average molecular weight is 463 g/mol. The van der Waals surface area contributed by atoms with Crippen molar-refractivity contribution in [2.75, 3.05) is 35.6 Å². The van der Waals surface area contributed by atoms with E-state index in [4.69, 9.17) is 0 Å². The summed E-state index contributed by atoms with van der Waals surface area (Å²) in [4.78, 5) is 21.6. The molecule has 10 nitrogen and oxygen atoms in total. The van der Waals surface area contributed by atoms with Crippen molar-refractivity contribution >= 4 is 49.3 Å². The Bertz CT molecular complexity index is 1220. The van der Waals surface area contributed by atoms with Crippen LogP contribution >= 0.6 is 11.3 Å². The number of piperazine rings is 1. The number of nitrogens with one attached hydrogen (secondary N) is 2. The van der Waals surface area contributed by atoms with Crippen molar-refractivity contribution in [2.45, 2.75) is 33.7 Å². The van der Waals surface area contributed by atoms with Gasteiger partial charge in [0.25, 0.3) is 10.0 Å². The smallest absolute Gasteiger partial charge is 0.256 e. The number of sulfonamides is 1. The third kappa shape index (κ3) is 4.49. The summed E-state index contributed by atoms with van der Waals surface area (Å²) in [6.45, 7) is 9.56. The van der Waals surface area contributed by atoms with Gasteiger partial charge in [0, 0.05) is 42.9 Å². The van der Waals surface area contributed by atoms with Crippen LogP contribution in [0.15, 0.2) is 23.1 Å². The molecule has 0 aliphatic carbocycles. The van der Waals surface area contributed by atoms with Crippen LogP contribution in [0, 0.1) is 13.8 Å². The lowest BCUT2D eigenvalue weighted by molar-refractivity contribution is 0.297. The largest absolute Gasteiger partial charge is 0.352 e. The van der Waals surface area contributed by atoms with Crippen LogP contribution < -0.4 is 10.2 Å². The summed E-state index contributed by atoms with van der Waals surface area (Å²) in [5, 5.41) is 4.77. The summed E-state index contributed by atoms with van der Waals surface area (Å²) in [6.07, 6.45) is 5.25. The van der Waals surface area contributed by atoms with Gasteiger partial charge in [-0.05, 0) is 33.3 Å². The van der Waals surface area contributed by atoms with Crippen LogP contribution in [0.5, 0.6) is 0 Å².